The van der Waals surface area contributed by atoms with Crippen molar-refractivity contribution in [1.82, 2.24) is 15.1 Å². The third kappa shape index (κ3) is 8.55. The molecule has 2 N–H and O–H groups in total. The third-order valence-corrected chi connectivity index (χ3v) is 7.81. The predicted molar refractivity (Wildman–Crippen MR) is 126 cm³/mol. The Morgan fingerprint density at radius 2 is 1.64 bits per heavy atom. The predicted octanol–water partition coefficient (Wildman–Crippen LogP) is 2.36. The number of likely N-dealkylation sites (tertiary alicyclic amines) is 2. The summed E-state index contributed by atoms with van der Waals surface area (Å²) < 4.78 is 32.1. The van der Waals surface area contributed by atoms with E-state index in [-0.39, 0.29) is 29.8 Å². The third-order valence-electron chi connectivity index (χ3n) is 6.72. The number of hydrogen-bond acceptors (Lipinski definition) is 5. The number of nitrogens with one attached hydrogen (secondary N) is 1. The summed E-state index contributed by atoms with van der Waals surface area (Å²) in [6.07, 6.45) is 6.27. The van der Waals surface area contributed by atoms with E-state index in [1.165, 1.54) is 0 Å². The minimum atomic E-state index is -4.27. The van der Waals surface area contributed by atoms with Crippen molar-refractivity contribution < 1.29 is 27.4 Å². The second kappa shape index (κ2) is 11.6. The summed E-state index contributed by atoms with van der Waals surface area (Å²) in [5.74, 6) is -1.21. The molecule has 0 saturated carbocycles. The molecule has 9 nitrogen and oxygen atoms in total. The fourth-order valence-corrected chi connectivity index (χ4v) is 6.13. The molecular formula is C23H41N3O6S. The first kappa shape index (κ1) is 27.6. The molecule has 3 amide bonds. The monoisotopic (exact) mass is 487 g/mol. The van der Waals surface area contributed by atoms with Gasteiger partial charge in [-0.25, -0.2) is 0 Å². The lowest BCUT2D eigenvalue weighted by Crippen LogP contribution is -2.52. The molecule has 0 aromatic carbocycles. The highest BCUT2D eigenvalue weighted by Crippen LogP contribution is 2.27. The molecular weight excluding hydrogens is 446 g/mol. The van der Waals surface area contributed by atoms with E-state index in [9.17, 15) is 27.4 Å². The molecule has 3 atom stereocenters. The van der Waals surface area contributed by atoms with Crippen LogP contribution in [-0.4, -0.2) is 77.0 Å². The number of amides is 3. The summed E-state index contributed by atoms with van der Waals surface area (Å²) in [5.41, 5.74) is -1.16. The number of hydrogen-bond donors (Lipinski definition) is 2. The Kier molecular flexibility index (Phi) is 9.72. The molecule has 2 saturated heterocycles. The lowest BCUT2D eigenvalue weighted by molar-refractivity contribution is -0.135. The second-order valence-corrected chi connectivity index (χ2v) is 11.7. The SMILES string of the molecule is CCC(CC(CC(C)N1CCCC1=O)C(=O)NC(C)(C)CS(=O)(=O)O)N1CCCCCC1=O. The minimum Gasteiger partial charge on any atom is -0.350 e. The van der Waals surface area contributed by atoms with Crippen LogP contribution in [0.5, 0.6) is 0 Å². The first-order chi connectivity index (χ1) is 15.3. The smallest absolute Gasteiger partial charge is 0.267 e. The van der Waals surface area contributed by atoms with E-state index in [2.05, 4.69) is 5.32 Å². The maximum atomic E-state index is 13.4. The van der Waals surface area contributed by atoms with Gasteiger partial charge < -0.3 is 15.1 Å². The summed E-state index contributed by atoms with van der Waals surface area (Å²) in [4.78, 5) is 42.0. The quantitative estimate of drug-likeness (QED) is 0.431. The lowest BCUT2D eigenvalue weighted by Gasteiger charge is -2.36. The molecule has 190 valence electrons. The molecule has 10 heteroatoms. The highest BCUT2D eigenvalue weighted by Gasteiger charge is 2.35. The van der Waals surface area contributed by atoms with Crippen molar-refractivity contribution in [2.45, 2.75) is 103 Å². The van der Waals surface area contributed by atoms with Crippen LogP contribution in [-0.2, 0) is 24.5 Å². The molecule has 0 spiro atoms. The van der Waals surface area contributed by atoms with Crippen molar-refractivity contribution in [3.63, 3.8) is 0 Å². The molecule has 33 heavy (non-hydrogen) atoms. The van der Waals surface area contributed by atoms with Crippen LogP contribution < -0.4 is 5.32 Å². The van der Waals surface area contributed by atoms with Crippen LogP contribution in [0, 0.1) is 5.92 Å². The van der Waals surface area contributed by atoms with Crippen LogP contribution >= 0.6 is 0 Å². The standard InChI is InChI=1S/C23H41N3O6S/c1-5-19(26-12-8-6-7-10-21(26)28)15-18(14-17(2)25-13-9-11-20(25)27)22(29)24-23(3,4)16-33(30,31)32/h17-19H,5-16H2,1-4H3,(H,24,29)(H,30,31,32). The van der Waals surface area contributed by atoms with Gasteiger partial charge in [-0.15, -0.1) is 0 Å². The van der Waals surface area contributed by atoms with Crippen LogP contribution in [0.2, 0.25) is 0 Å². The molecule has 2 aliphatic heterocycles. The summed E-state index contributed by atoms with van der Waals surface area (Å²) in [5, 5.41) is 2.79. The number of carbonyl (C=O) groups excluding carboxylic acids is 3. The average molecular weight is 488 g/mol. The summed E-state index contributed by atoms with van der Waals surface area (Å²) >= 11 is 0. The number of nitrogens with zero attached hydrogens (tertiary/aromatic N) is 2. The van der Waals surface area contributed by atoms with Crippen LogP contribution in [0.1, 0.15) is 85.5 Å². The Labute approximate surface area is 198 Å². The molecule has 0 aromatic rings. The first-order valence-corrected chi connectivity index (χ1v) is 13.8. The summed E-state index contributed by atoms with van der Waals surface area (Å²) in [6.45, 7) is 8.40. The first-order valence-electron chi connectivity index (χ1n) is 12.2. The maximum Gasteiger partial charge on any atom is 0.267 e. The molecule has 2 heterocycles. The van der Waals surface area contributed by atoms with Gasteiger partial charge >= 0.3 is 0 Å². The maximum absolute atomic E-state index is 13.4. The molecule has 2 rings (SSSR count). The average Bonchev–Trinajstić information content (AvgIpc) is 3.00. The Morgan fingerprint density at radius 3 is 2.21 bits per heavy atom. The minimum absolute atomic E-state index is 0.0862. The molecule has 0 aromatic heterocycles. The summed E-state index contributed by atoms with van der Waals surface area (Å²) in [7, 11) is -4.27. The van der Waals surface area contributed by atoms with E-state index in [0.29, 0.717) is 45.2 Å². The Bertz CT molecular complexity index is 813. The Morgan fingerprint density at radius 1 is 1.03 bits per heavy atom. The van der Waals surface area contributed by atoms with Gasteiger partial charge in [-0.1, -0.05) is 13.3 Å². The number of rotatable bonds is 11. The van der Waals surface area contributed by atoms with Crippen LogP contribution in [0.25, 0.3) is 0 Å². The van der Waals surface area contributed by atoms with Gasteiger partial charge in [0.15, 0.2) is 0 Å². The van der Waals surface area contributed by atoms with Gasteiger partial charge in [-0.3, -0.25) is 18.9 Å². The van der Waals surface area contributed by atoms with Crippen LogP contribution in [0.15, 0.2) is 0 Å². The highest BCUT2D eigenvalue weighted by molar-refractivity contribution is 7.85. The number of carbonyl (C=O) groups is 3. The molecule has 0 radical (unpaired) electrons. The molecule has 2 fully saturated rings. The highest BCUT2D eigenvalue weighted by atomic mass is 32.2. The zero-order valence-corrected chi connectivity index (χ0v) is 21.3. The van der Waals surface area contributed by atoms with E-state index >= 15 is 0 Å². The van der Waals surface area contributed by atoms with Crippen LogP contribution in [0.3, 0.4) is 0 Å². The van der Waals surface area contributed by atoms with Crippen molar-refractivity contribution in [2.24, 2.45) is 5.92 Å². The van der Waals surface area contributed by atoms with Crippen molar-refractivity contribution >= 4 is 27.8 Å². The van der Waals surface area contributed by atoms with E-state index in [0.717, 1.165) is 25.7 Å². The van der Waals surface area contributed by atoms with Gasteiger partial charge in [0.05, 0.1) is 11.3 Å². The second-order valence-electron chi connectivity index (χ2n) is 10.3. The van der Waals surface area contributed by atoms with Gasteiger partial charge in [0.25, 0.3) is 10.1 Å². The lowest BCUT2D eigenvalue weighted by atomic mass is 9.89. The topological polar surface area (TPSA) is 124 Å². The van der Waals surface area contributed by atoms with Gasteiger partial charge in [0, 0.05) is 43.9 Å². The molecule has 3 unspecified atom stereocenters. The van der Waals surface area contributed by atoms with E-state index < -0.39 is 27.3 Å². The van der Waals surface area contributed by atoms with Crippen molar-refractivity contribution in [3.8, 4) is 0 Å². The summed E-state index contributed by atoms with van der Waals surface area (Å²) in [6, 6.07) is -0.240. The Balaban J connectivity index is 2.21. The fraction of sp³-hybridized carbons (Fsp3) is 0.870. The zero-order chi connectivity index (χ0) is 24.8. The fourth-order valence-electron chi connectivity index (χ4n) is 5.14. The van der Waals surface area contributed by atoms with Crippen molar-refractivity contribution in [2.75, 3.05) is 18.8 Å². The zero-order valence-electron chi connectivity index (χ0n) is 20.5. The van der Waals surface area contributed by atoms with Crippen molar-refractivity contribution in [1.29, 1.82) is 0 Å². The van der Waals surface area contributed by atoms with Gasteiger partial charge in [0.1, 0.15) is 0 Å². The van der Waals surface area contributed by atoms with Crippen LogP contribution in [0.4, 0.5) is 0 Å². The van der Waals surface area contributed by atoms with E-state index in [4.69, 9.17) is 0 Å². The Hall–Kier alpha value is -1.68. The molecule has 0 bridgehead atoms. The van der Waals surface area contributed by atoms with Gasteiger partial charge in [-0.2, -0.15) is 8.42 Å². The van der Waals surface area contributed by atoms with Gasteiger partial charge in [-0.05, 0) is 59.3 Å². The van der Waals surface area contributed by atoms with Gasteiger partial charge in [0.2, 0.25) is 17.7 Å². The van der Waals surface area contributed by atoms with Crippen molar-refractivity contribution in [3.05, 3.63) is 0 Å². The largest absolute Gasteiger partial charge is 0.350 e. The molecule has 2 aliphatic rings. The molecule has 0 aliphatic carbocycles. The van der Waals surface area contributed by atoms with E-state index in [1.807, 2.05) is 23.6 Å². The van der Waals surface area contributed by atoms with E-state index in [1.54, 1.807) is 13.8 Å². The normalized spacial score (nSPS) is 21.0.